The van der Waals surface area contributed by atoms with E-state index in [1.807, 2.05) is 29.2 Å². The molecule has 5 heteroatoms. The number of amides is 1. The van der Waals surface area contributed by atoms with Gasteiger partial charge in [-0.15, -0.1) is 0 Å². The van der Waals surface area contributed by atoms with Crippen LogP contribution in [0.2, 0.25) is 0 Å². The van der Waals surface area contributed by atoms with Crippen LogP contribution in [-0.4, -0.2) is 48.7 Å². The fourth-order valence-electron chi connectivity index (χ4n) is 3.06. The molecule has 23 heavy (non-hydrogen) atoms. The van der Waals surface area contributed by atoms with E-state index in [0.717, 1.165) is 44.0 Å². The highest BCUT2D eigenvalue weighted by atomic mass is 16.5. The third kappa shape index (κ3) is 3.56. The van der Waals surface area contributed by atoms with Gasteiger partial charge in [0.15, 0.2) is 0 Å². The van der Waals surface area contributed by atoms with E-state index in [1.165, 1.54) is 10.6 Å². The van der Waals surface area contributed by atoms with Crippen molar-refractivity contribution in [3.05, 3.63) is 53.9 Å². The summed E-state index contributed by atoms with van der Waals surface area (Å²) in [6.07, 6.45) is 2.08. The standard InChI is InChI=1S/C18H23N3O2/c1-19-9-3-4-16(19)14-20-10-12-21(13-11-20)18(22)15-5-7-17(23-2)8-6-15/h3-9H,10-14H2,1-2H3/p+1. The molecule has 1 N–H and O–H groups in total. The summed E-state index contributed by atoms with van der Waals surface area (Å²) in [4.78, 5) is 16.0. The molecule has 1 aliphatic rings. The highest BCUT2D eigenvalue weighted by Crippen LogP contribution is 2.13. The van der Waals surface area contributed by atoms with E-state index in [2.05, 4.69) is 29.9 Å². The SMILES string of the molecule is COc1ccc(C(=O)N2CC[NH+](Cc3cccn3C)CC2)cc1. The summed E-state index contributed by atoms with van der Waals surface area (Å²) in [6.45, 7) is 4.63. The molecule has 1 fully saturated rings. The van der Waals surface area contributed by atoms with Crippen LogP contribution in [0.5, 0.6) is 5.75 Å². The zero-order valence-electron chi connectivity index (χ0n) is 13.8. The number of aryl methyl sites for hydroxylation is 1. The molecular formula is C18H24N3O2+. The summed E-state index contributed by atoms with van der Waals surface area (Å²) in [5, 5.41) is 0. The first-order valence-corrected chi connectivity index (χ1v) is 8.04. The number of aromatic nitrogens is 1. The molecule has 1 aromatic heterocycles. The molecule has 0 unspecified atom stereocenters. The Hall–Kier alpha value is -2.27. The number of rotatable bonds is 4. The molecule has 0 aliphatic carbocycles. The van der Waals surface area contributed by atoms with Gasteiger partial charge < -0.3 is 19.1 Å². The van der Waals surface area contributed by atoms with Crippen LogP contribution in [0.1, 0.15) is 16.1 Å². The smallest absolute Gasteiger partial charge is 0.254 e. The van der Waals surface area contributed by atoms with Gasteiger partial charge >= 0.3 is 0 Å². The van der Waals surface area contributed by atoms with Crippen LogP contribution < -0.4 is 9.64 Å². The van der Waals surface area contributed by atoms with Gasteiger partial charge in [-0.2, -0.15) is 0 Å². The maximum absolute atomic E-state index is 12.5. The predicted octanol–water partition coefficient (Wildman–Crippen LogP) is 0.575. The number of hydrogen-bond donors (Lipinski definition) is 1. The van der Waals surface area contributed by atoms with Crippen LogP contribution in [0, 0.1) is 0 Å². The molecule has 3 rings (SSSR count). The highest BCUT2D eigenvalue weighted by molar-refractivity contribution is 5.94. The summed E-state index contributed by atoms with van der Waals surface area (Å²) >= 11 is 0. The average molecular weight is 314 g/mol. The molecule has 0 bridgehead atoms. The number of methoxy groups -OCH3 is 1. The highest BCUT2D eigenvalue weighted by Gasteiger charge is 2.24. The largest absolute Gasteiger partial charge is 0.497 e. The number of benzene rings is 1. The van der Waals surface area contributed by atoms with E-state index in [4.69, 9.17) is 4.74 Å². The second-order valence-electron chi connectivity index (χ2n) is 6.06. The van der Waals surface area contributed by atoms with E-state index in [0.29, 0.717) is 0 Å². The van der Waals surface area contributed by atoms with Crippen LogP contribution in [-0.2, 0) is 13.6 Å². The van der Waals surface area contributed by atoms with Crippen LogP contribution >= 0.6 is 0 Å². The van der Waals surface area contributed by atoms with Gasteiger partial charge in [0, 0.05) is 18.8 Å². The molecule has 1 aliphatic heterocycles. The lowest BCUT2D eigenvalue weighted by molar-refractivity contribution is -0.918. The van der Waals surface area contributed by atoms with Crippen molar-refractivity contribution in [1.82, 2.24) is 9.47 Å². The van der Waals surface area contributed by atoms with Crippen LogP contribution in [0.3, 0.4) is 0 Å². The van der Waals surface area contributed by atoms with Crippen molar-refractivity contribution < 1.29 is 14.4 Å². The van der Waals surface area contributed by atoms with Gasteiger partial charge in [-0.3, -0.25) is 4.79 Å². The summed E-state index contributed by atoms with van der Waals surface area (Å²) in [5.74, 6) is 0.893. The maximum Gasteiger partial charge on any atom is 0.254 e. The Bertz CT molecular complexity index is 655. The minimum Gasteiger partial charge on any atom is -0.497 e. The predicted molar refractivity (Wildman–Crippen MR) is 88.7 cm³/mol. The first kappa shape index (κ1) is 15.6. The third-order valence-electron chi connectivity index (χ3n) is 4.58. The Morgan fingerprint density at radius 3 is 2.43 bits per heavy atom. The number of ether oxygens (including phenoxy) is 1. The zero-order valence-corrected chi connectivity index (χ0v) is 13.8. The second-order valence-corrected chi connectivity index (χ2v) is 6.06. The maximum atomic E-state index is 12.5. The normalized spacial score (nSPS) is 15.7. The Balaban J connectivity index is 1.55. The number of nitrogens with zero attached hydrogens (tertiary/aromatic N) is 2. The lowest BCUT2D eigenvalue weighted by atomic mass is 10.1. The number of carbonyl (C=O) groups excluding carboxylic acids is 1. The van der Waals surface area contributed by atoms with Gasteiger partial charge in [0.2, 0.25) is 0 Å². The van der Waals surface area contributed by atoms with Crippen LogP contribution in [0.4, 0.5) is 0 Å². The lowest BCUT2D eigenvalue weighted by Gasteiger charge is -2.32. The molecule has 1 amide bonds. The Labute approximate surface area is 137 Å². The third-order valence-corrected chi connectivity index (χ3v) is 4.58. The molecule has 0 saturated carbocycles. The molecular weight excluding hydrogens is 290 g/mol. The minimum atomic E-state index is 0.116. The van der Waals surface area contributed by atoms with Crippen LogP contribution in [0.25, 0.3) is 0 Å². The van der Waals surface area contributed by atoms with Crippen molar-refractivity contribution in [1.29, 1.82) is 0 Å². The van der Waals surface area contributed by atoms with Crippen molar-refractivity contribution >= 4 is 5.91 Å². The number of quaternary nitrogens is 1. The first-order chi connectivity index (χ1) is 11.2. The Morgan fingerprint density at radius 1 is 1.17 bits per heavy atom. The van der Waals surface area contributed by atoms with E-state index in [1.54, 1.807) is 7.11 Å². The molecule has 1 aromatic carbocycles. The van der Waals surface area contributed by atoms with Crippen molar-refractivity contribution in [3.8, 4) is 5.75 Å². The topological polar surface area (TPSA) is 38.9 Å². The molecule has 122 valence electrons. The molecule has 0 atom stereocenters. The monoisotopic (exact) mass is 314 g/mol. The Kier molecular flexibility index (Phi) is 4.67. The van der Waals surface area contributed by atoms with E-state index in [-0.39, 0.29) is 5.91 Å². The van der Waals surface area contributed by atoms with Crippen molar-refractivity contribution in [2.45, 2.75) is 6.54 Å². The summed E-state index contributed by atoms with van der Waals surface area (Å²) in [6, 6.07) is 11.6. The number of carbonyl (C=O) groups is 1. The lowest BCUT2D eigenvalue weighted by Crippen LogP contribution is -3.13. The fourth-order valence-corrected chi connectivity index (χ4v) is 3.06. The molecule has 0 spiro atoms. The quantitative estimate of drug-likeness (QED) is 0.896. The van der Waals surface area contributed by atoms with Gasteiger partial charge in [0.1, 0.15) is 12.3 Å². The second kappa shape index (κ2) is 6.87. The minimum absolute atomic E-state index is 0.116. The summed E-state index contributed by atoms with van der Waals surface area (Å²) in [7, 11) is 3.71. The zero-order chi connectivity index (χ0) is 16.2. The molecule has 1 saturated heterocycles. The fraction of sp³-hybridized carbons (Fsp3) is 0.389. The van der Waals surface area contributed by atoms with Crippen molar-refractivity contribution in [2.24, 2.45) is 7.05 Å². The van der Waals surface area contributed by atoms with Gasteiger partial charge in [-0.25, -0.2) is 0 Å². The van der Waals surface area contributed by atoms with Crippen molar-refractivity contribution in [3.63, 3.8) is 0 Å². The number of hydrogen-bond acceptors (Lipinski definition) is 2. The van der Waals surface area contributed by atoms with E-state index >= 15 is 0 Å². The van der Waals surface area contributed by atoms with Gasteiger partial charge in [0.25, 0.3) is 5.91 Å². The molecule has 0 radical (unpaired) electrons. The molecule has 2 aromatic rings. The molecule has 5 nitrogen and oxygen atoms in total. The average Bonchev–Trinajstić information content (AvgIpc) is 3.00. The van der Waals surface area contributed by atoms with Crippen LogP contribution in [0.15, 0.2) is 42.6 Å². The summed E-state index contributed by atoms with van der Waals surface area (Å²) < 4.78 is 7.31. The van der Waals surface area contributed by atoms with Gasteiger partial charge in [-0.1, -0.05) is 0 Å². The van der Waals surface area contributed by atoms with Crippen molar-refractivity contribution in [2.75, 3.05) is 33.3 Å². The number of nitrogens with one attached hydrogen (secondary N) is 1. The Morgan fingerprint density at radius 2 is 1.87 bits per heavy atom. The van der Waals surface area contributed by atoms with Gasteiger partial charge in [-0.05, 0) is 36.4 Å². The molecule has 2 heterocycles. The van der Waals surface area contributed by atoms with E-state index < -0.39 is 0 Å². The van der Waals surface area contributed by atoms with Gasteiger partial charge in [0.05, 0.1) is 39.0 Å². The first-order valence-electron chi connectivity index (χ1n) is 8.04. The number of piperazine rings is 1. The van der Waals surface area contributed by atoms with E-state index in [9.17, 15) is 4.79 Å². The summed E-state index contributed by atoms with van der Waals surface area (Å²) in [5.41, 5.74) is 2.08.